The molecule has 0 bridgehead atoms. The Kier molecular flexibility index (Phi) is 5.22. The predicted molar refractivity (Wildman–Crippen MR) is 99.0 cm³/mol. The Hall–Kier alpha value is -2.15. The zero-order valence-electron chi connectivity index (χ0n) is 14.8. The first-order valence-corrected chi connectivity index (χ1v) is 9.40. The molecule has 25 heavy (non-hydrogen) atoms. The molecule has 1 aliphatic heterocycles. The summed E-state index contributed by atoms with van der Waals surface area (Å²) in [6.07, 6.45) is 1.23. The Morgan fingerprint density at radius 3 is 2.96 bits per heavy atom. The number of aromatic nitrogens is 1. The van der Waals surface area contributed by atoms with Crippen molar-refractivity contribution in [1.82, 2.24) is 9.88 Å². The average Bonchev–Trinajstić information content (AvgIpc) is 2.98. The molecule has 2 heterocycles. The second kappa shape index (κ2) is 7.39. The molecule has 7 heteroatoms. The van der Waals surface area contributed by atoms with E-state index in [0.717, 1.165) is 28.6 Å². The van der Waals surface area contributed by atoms with Crippen molar-refractivity contribution in [1.29, 1.82) is 0 Å². The van der Waals surface area contributed by atoms with Gasteiger partial charge in [-0.2, -0.15) is 0 Å². The van der Waals surface area contributed by atoms with Gasteiger partial charge in [-0.25, -0.2) is 9.78 Å². The van der Waals surface area contributed by atoms with Crippen LogP contribution in [0.2, 0.25) is 0 Å². The zero-order chi connectivity index (χ0) is 18.0. The molecular formula is C18H23N3O3S. The number of fused-ring (bicyclic) bond motifs is 1. The highest BCUT2D eigenvalue weighted by Crippen LogP contribution is 2.30. The van der Waals surface area contributed by atoms with Gasteiger partial charge in [0.25, 0.3) is 0 Å². The number of anilines is 1. The molecule has 1 unspecified atom stereocenters. The van der Waals surface area contributed by atoms with E-state index in [1.54, 1.807) is 11.8 Å². The van der Waals surface area contributed by atoms with E-state index in [4.69, 9.17) is 4.74 Å². The third kappa shape index (κ3) is 3.92. The minimum atomic E-state index is -0.342. The highest BCUT2D eigenvalue weighted by atomic mass is 32.1. The molecule has 3 rings (SSSR count). The molecule has 0 saturated carbocycles. The Bertz CT molecular complexity index is 802. The summed E-state index contributed by atoms with van der Waals surface area (Å²) in [5.41, 5.74) is 3.23. The van der Waals surface area contributed by atoms with Crippen molar-refractivity contribution in [3.05, 3.63) is 23.3 Å². The van der Waals surface area contributed by atoms with Crippen LogP contribution in [0.1, 0.15) is 30.9 Å². The first-order valence-electron chi connectivity index (χ1n) is 8.58. The van der Waals surface area contributed by atoms with Crippen LogP contribution in [0.3, 0.4) is 0 Å². The van der Waals surface area contributed by atoms with Gasteiger partial charge in [-0.3, -0.25) is 4.79 Å². The number of nitrogens with one attached hydrogen (secondary N) is 1. The van der Waals surface area contributed by atoms with Gasteiger partial charge < -0.3 is 15.0 Å². The van der Waals surface area contributed by atoms with Crippen LogP contribution in [0.4, 0.5) is 9.93 Å². The standard InChI is InChI=1S/C18H23N3O3S/c1-4-24-18(23)21-7-5-6-13(10-21)16(22)20-17-19-15-12(3)8-11(2)9-14(15)25-17/h8-9,13H,4-7,10H2,1-3H3,(H,19,20,22). The second-order valence-electron chi connectivity index (χ2n) is 6.42. The summed E-state index contributed by atoms with van der Waals surface area (Å²) < 4.78 is 6.11. The Morgan fingerprint density at radius 1 is 1.40 bits per heavy atom. The van der Waals surface area contributed by atoms with Gasteiger partial charge in [0.2, 0.25) is 5.91 Å². The summed E-state index contributed by atoms with van der Waals surface area (Å²) in [7, 11) is 0. The maximum atomic E-state index is 12.6. The molecule has 1 fully saturated rings. The molecule has 1 N–H and O–H groups in total. The van der Waals surface area contributed by atoms with Gasteiger partial charge in [-0.15, -0.1) is 0 Å². The first kappa shape index (κ1) is 17.7. The maximum Gasteiger partial charge on any atom is 0.409 e. The molecule has 0 radical (unpaired) electrons. The molecule has 2 amide bonds. The first-order chi connectivity index (χ1) is 12.0. The number of nitrogens with zero attached hydrogens (tertiary/aromatic N) is 2. The lowest BCUT2D eigenvalue weighted by atomic mass is 9.97. The molecule has 6 nitrogen and oxygen atoms in total. The van der Waals surface area contributed by atoms with Crippen LogP contribution >= 0.6 is 11.3 Å². The summed E-state index contributed by atoms with van der Waals surface area (Å²) >= 11 is 1.48. The molecule has 1 aliphatic rings. The number of thiazole rings is 1. The van der Waals surface area contributed by atoms with Crippen molar-refractivity contribution in [2.45, 2.75) is 33.6 Å². The van der Waals surface area contributed by atoms with Gasteiger partial charge in [0.1, 0.15) is 0 Å². The van der Waals surface area contributed by atoms with Crippen molar-refractivity contribution < 1.29 is 14.3 Å². The Labute approximate surface area is 151 Å². The topological polar surface area (TPSA) is 71.5 Å². The van der Waals surface area contributed by atoms with Crippen LogP contribution in [0.15, 0.2) is 12.1 Å². The zero-order valence-corrected chi connectivity index (χ0v) is 15.6. The highest BCUT2D eigenvalue weighted by Gasteiger charge is 2.29. The van der Waals surface area contributed by atoms with E-state index >= 15 is 0 Å². The number of hydrogen-bond acceptors (Lipinski definition) is 5. The maximum absolute atomic E-state index is 12.6. The van der Waals surface area contributed by atoms with Crippen LogP contribution in [-0.4, -0.2) is 41.6 Å². The van der Waals surface area contributed by atoms with Gasteiger partial charge in [-0.1, -0.05) is 17.4 Å². The highest BCUT2D eigenvalue weighted by molar-refractivity contribution is 7.22. The molecule has 1 aromatic carbocycles. The van der Waals surface area contributed by atoms with E-state index < -0.39 is 0 Å². The number of carbonyl (C=O) groups is 2. The molecule has 2 aromatic rings. The third-order valence-corrected chi connectivity index (χ3v) is 5.30. The number of hydrogen-bond donors (Lipinski definition) is 1. The van der Waals surface area contributed by atoms with Gasteiger partial charge in [0, 0.05) is 13.1 Å². The summed E-state index contributed by atoms with van der Waals surface area (Å²) in [4.78, 5) is 30.6. The number of benzene rings is 1. The van der Waals surface area contributed by atoms with E-state index in [1.165, 1.54) is 16.9 Å². The lowest BCUT2D eigenvalue weighted by molar-refractivity contribution is -0.121. The molecule has 134 valence electrons. The largest absolute Gasteiger partial charge is 0.450 e. The Morgan fingerprint density at radius 2 is 2.20 bits per heavy atom. The minimum absolute atomic E-state index is 0.0811. The lowest BCUT2D eigenvalue weighted by Crippen LogP contribution is -2.44. The van der Waals surface area contributed by atoms with E-state index in [0.29, 0.717) is 24.8 Å². The van der Waals surface area contributed by atoms with Gasteiger partial charge in [0.15, 0.2) is 5.13 Å². The van der Waals surface area contributed by atoms with E-state index in [1.807, 2.05) is 6.92 Å². The van der Waals surface area contributed by atoms with E-state index in [-0.39, 0.29) is 17.9 Å². The average molecular weight is 361 g/mol. The van der Waals surface area contributed by atoms with Gasteiger partial charge >= 0.3 is 6.09 Å². The molecule has 1 atom stereocenters. The van der Waals surface area contributed by atoms with Crippen LogP contribution < -0.4 is 5.32 Å². The summed E-state index contributed by atoms with van der Waals surface area (Å²) in [6.45, 7) is 7.24. The quantitative estimate of drug-likeness (QED) is 0.904. The van der Waals surface area contributed by atoms with Crippen LogP contribution in [0.5, 0.6) is 0 Å². The second-order valence-corrected chi connectivity index (χ2v) is 7.45. The predicted octanol–water partition coefficient (Wildman–Crippen LogP) is 3.72. The Balaban J connectivity index is 1.69. The number of likely N-dealkylation sites (tertiary alicyclic amines) is 1. The monoisotopic (exact) mass is 361 g/mol. The molecule has 0 spiro atoms. The fraction of sp³-hybridized carbons (Fsp3) is 0.500. The van der Waals surface area contributed by atoms with E-state index in [2.05, 4.69) is 29.4 Å². The van der Waals surface area contributed by atoms with Crippen LogP contribution in [0, 0.1) is 19.8 Å². The van der Waals surface area contributed by atoms with Crippen molar-refractivity contribution in [2.24, 2.45) is 5.92 Å². The number of ether oxygens (including phenoxy) is 1. The fourth-order valence-electron chi connectivity index (χ4n) is 3.20. The summed E-state index contributed by atoms with van der Waals surface area (Å²) in [5, 5.41) is 3.54. The number of rotatable bonds is 3. The van der Waals surface area contributed by atoms with E-state index in [9.17, 15) is 9.59 Å². The molecular weight excluding hydrogens is 338 g/mol. The molecule has 1 saturated heterocycles. The minimum Gasteiger partial charge on any atom is -0.450 e. The van der Waals surface area contributed by atoms with Crippen molar-refractivity contribution >= 4 is 38.7 Å². The van der Waals surface area contributed by atoms with Crippen LogP contribution in [-0.2, 0) is 9.53 Å². The lowest BCUT2D eigenvalue weighted by Gasteiger charge is -2.30. The smallest absolute Gasteiger partial charge is 0.409 e. The van der Waals surface area contributed by atoms with Crippen LogP contribution in [0.25, 0.3) is 10.2 Å². The molecule has 0 aliphatic carbocycles. The number of piperidine rings is 1. The van der Waals surface area contributed by atoms with Crippen molar-refractivity contribution in [2.75, 3.05) is 25.0 Å². The van der Waals surface area contributed by atoms with Crippen molar-refractivity contribution in [3.63, 3.8) is 0 Å². The summed E-state index contributed by atoms with van der Waals surface area (Å²) in [5.74, 6) is -0.310. The number of aryl methyl sites for hydroxylation is 2. The van der Waals surface area contributed by atoms with Crippen molar-refractivity contribution in [3.8, 4) is 0 Å². The molecule has 1 aromatic heterocycles. The van der Waals surface area contributed by atoms with Gasteiger partial charge in [0.05, 0.1) is 22.7 Å². The number of amides is 2. The fourth-order valence-corrected chi connectivity index (χ4v) is 4.25. The number of carbonyl (C=O) groups excluding carboxylic acids is 2. The summed E-state index contributed by atoms with van der Waals surface area (Å²) in [6, 6.07) is 4.17. The SMILES string of the molecule is CCOC(=O)N1CCCC(C(=O)Nc2nc3c(C)cc(C)cc3s2)C1. The van der Waals surface area contributed by atoms with Gasteiger partial charge in [-0.05, 0) is 50.8 Å². The third-order valence-electron chi connectivity index (χ3n) is 4.38. The normalized spacial score (nSPS) is 17.6.